The summed E-state index contributed by atoms with van der Waals surface area (Å²) >= 11 is 0. The smallest absolute Gasteiger partial charge is 0.329 e. The Hall–Kier alpha value is -4.30. The number of hydrogen-bond acceptors (Lipinski definition) is 11. The van der Waals surface area contributed by atoms with E-state index in [1.165, 1.54) is 12.1 Å². The summed E-state index contributed by atoms with van der Waals surface area (Å²) in [5.74, 6) is -4.68. The van der Waals surface area contributed by atoms with E-state index in [0.717, 1.165) is 17.7 Å². The maximum Gasteiger partial charge on any atom is 0.329 e. The first kappa shape index (κ1) is 35.0. The quantitative estimate of drug-likeness (QED) is 0.152. The lowest BCUT2D eigenvalue weighted by atomic mass is 9.46. The molecule has 3 fully saturated rings. The van der Waals surface area contributed by atoms with E-state index in [-0.39, 0.29) is 53.4 Å². The van der Waals surface area contributed by atoms with Crippen molar-refractivity contribution in [2.24, 2.45) is 28.6 Å². The van der Waals surface area contributed by atoms with Gasteiger partial charge in [0.05, 0.1) is 11.3 Å². The summed E-state index contributed by atoms with van der Waals surface area (Å²) in [7, 11) is 0. The zero-order valence-electron chi connectivity index (χ0n) is 26.8. The van der Waals surface area contributed by atoms with Gasteiger partial charge in [0.2, 0.25) is 11.7 Å². The minimum absolute atomic E-state index is 0.0149. The normalized spacial score (nSPS) is 32.1. The van der Waals surface area contributed by atoms with Crippen LogP contribution in [0.4, 0.5) is 5.69 Å². The van der Waals surface area contributed by atoms with Crippen molar-refractivity contribution >= 4 is 40.9 Å². The molecule has 0 saturated heterocycles. The molecule has 0 heterocycles. The van der Waals surface area contributed by atoms with Crippen LogP contribution in [0.5, 0.6) is 0 Å². The Balaban J connectivity index is 1.17. The van der Waals surface area contributed by atoms with Crippen molar-refractivity contribution in [3.63, 3.8) is 0 Å². The van der Waals surface area contributed by atoms with Gasteiger partial charge in [0.1, 0.15) is 17.5 Å². The number of amides is 1. The maximum absolute atomic E-state index is 13.8. The van der Waals surface area contributed by atoms with Gasteiger partial charge in [0.15, 0.2) is 18.4 Å². The molecule has 14 heteroatoms. The third-order valence-electron chi connectivity index (χ3n) is 11.5. The fourth-order valence-corrected chi connectivity index (χ4v) is 8.93. The van der Waals surface area contributed by atoms with Gasteiger partial charge in [0.25, 0.3) is 5.69 Å². The molecule has 4 N–H and O–H groups in total. The van der Waals surface area contributed by atoms with Crippen LogP contribution in [0, 0.1) is 38.7 Å². The lowest BCUT2D eigenvalue weighted by Gasteiger charge is -2.57. The number of fused-ring (bicyclic) bond motifs is 5. The van der Waals surface area contributed by atoms with Gasteiger partial charge in [-0.15, -0.1) is 0 Å². The van der Waals surface area contributed by atoms with Crippen LogP contribution in [0.25, 0.3) is 0 Å². The third-order valence-corrected chi connectivity index (χ3v) is 11.5. The molecule has 0 spiro atoms. The molecule has 48 heavy (non-hydrogen) atoms. The first-order valence-corrected chi connectivity index (χ1v) is 16.1. The van der Waals surface area contributed by atoms with E-state index >= 15 is 0 Å². The van der Waals surface area contributed by atoms with Crippen LogP contribution in [-0.2, 0) is 33.5 Å². The summed E-state index contributed by atoms with van der Waals surface area (Å²) in [4.78, 5) is 86.4. The summed E-state index contributed by atoms with van der Waals surface area (Å²) in [6, 6.07) is 2.77. The van der Waals surface area contributed by atoms with Crippen molar-refractivity contribution in [2.45, 2.75) is 89.4 Å². The Bertz CT molecular complexity index is 1600. The second-order valence-corrected chi connectivity index (χ2v) is 14.1. The molecule has 1 aromatic rings. The fourth-order valence-electron chi connectivity index (χ4n) is 8.93. The molecule has 3 saturated carbocycles. The standard InChI is InChI=1S/C34H40N2O12/c1-32-12-10-21(37)15-19(32)6-7-22-23-11-13-34(45,33(23,2)16-24(38)28(22)32)25(39)17-48-27(41)9-8-26(40)35-29(31(43)44)30(42)18-4-3-5-20(14-18)36(46)47/h3-5,14-15,22-23,28-30,42,45H,6-13,16-17H2,1-2H3,(H,35,40)(H,43,44)/t22?,23?,28?,29?,30?,32-,33-,34-/m0/s1. The number of nitrogens with one attached hydrogen (secondary N) is 1. The average molecular weight is 669 g/mol. The Morgan fingerprint density at radius 2 is 1.83 bits per heavy atom. The lowest BCUT2D eigenvalue weighted by Crippen LogP contribution is -2.61. The van der Waals surface area contributed by atoms with Crippen molar-refractivity contribution in [2.75, 3.05) is 6.61 Å². The van der Waals surface area contributed by atoms with Crippen molar-refractivity contribution < 1.29 is 53.7 Å². The summed E-state index contributed by atoms with van der Waals surface area (Å²) in [5, 5.41) is 45.0. The van der Waals surface area contributed by atoms with Crippen LogP contribution >= 0.6 is 0 Å². The van der Waals surface area contributed by atoms with Crippen LogP contribution in [-0.4, -0.2) is 73.7 Å². The topological polar surface area (TPSA) is 228 Å². The number of esters is 1. The second kappa shape index (κ2) is 13.0. The maximum atomic E-state index is 13.8. The monoisotopic (exact) mass is 668 g/mol. The van der Waals surface area contributed by atoms with E-state index in [2.05, 4.69) is 12.2 Å². The van der Waals surface area contributed by atoms with Gasteiger partial charge in [-0.25, -0.2) is 4.79 Å². The molecular weight excluding hydrogens is 628 g/mol. The SMILES string of the molecule is C[C@]12CCC(=O)C=C1CCC1C2C(=O)C[C@@]2(C)C1CC[C@]2(O)C(=O)COC(=O)CCC(=O)NC(C(=O)O)C(O)c1cccc([N+](=O)[O-])c1. The Kier molecular flexibility index (Phi) is 9.45. The molecule has 4 aliphatic rings. The molecule has 0 radical (unpaired) electrons. The van der Waals surface area contributed by atoms with Crippen molar-refractivity contribution in [1.82, 2.24) is 5.32 Å². The number of rotatable bonds is 11. The predicted molar refractivity (Wildman–Crippen MR) is 165 cm³/mol. The number of nitro benzene ring substituents is 1. The molecule has 14 nitrogen and oxygen atoms in total. The Morgan fingerprint density at radius 1 is 1.10 bits per heavy atom. The number of aliphatic hydroxyl groups is 2. The molecule has 5 unspecified atom stereocenters. The van der Waals surface area contributed by atoms with Gasteiger partial charge in [-0.1, -0.05) is 31.6 Å². The van der Waals surface area contributed by atoms with E-state index in [1.807, 2.05) is 0 Å². The van der Waals surface area contributed by atoms with Gasteiger partial charge in [-0.3, -0.25) is 34.1 Å². The molecule has 1 aromatic carbocycles. The number of ether oxygens (including phenoxy) is 1. The first-order valence-electron chi connectivity index (χ1n) is 16.1. The van der Waals surface area contributed by atoms with Crippen LogP contribution < -0.4 is 5.32 Å². The summed E-state index contributed by atoms with van der Waals surface area (Å²) in [5.41, 5.74) is -2.89. The number of carboxylic acids is 1. The number of aliphatic hydroxyl groups excluding tert-OH is 1. The zero-order valence-corrected chi connectivity index (χ0v) is 26.8. The van der Waals surface area contributed by atoms with Crippen molar-refractivity contribution in [3.05, 3.63) is 51.6 Å². The van der Waals surface area contributed by atoms with Gasteiger partial charge >= 0.3 is 11.9 Å². The number of ketones is 3. The van der Waals surface area contributed by atoms with Crippen LogP contribution in [0.1, 0.15) is 83.3 Å². The van der Waals surface area contributed by atoms with Crippen molar-refractivity contribution in [3.8, 4) is 0 Å². The fraction of sp³-hybridized carbons (Fsp3) is 0.588. The molecular formula is C34H40N2O12. The number of non-ortho nitro benzene ring substituents is 1. The third kappa shape index (κ3) is 6.07. The van der Waals surface area contributed by atoms with Crippen molar-refractivity contribution in [1.29, 1.82) is 0 Å². The summed E-state index contributed by atoms with van der Waals surface area (Å²) in [6.45, 7) is 3.02. The van der Waals surface area contributed by atoms with Gasteiger partial charge in [-0.05, 0) is 61.0 Å². The largest absolute Gasteiger partial charge is 0.480 e. The van der Waals surface area contributed by atoms with Gasteiger partial charge < -0.3 is 25.4 Å². The molecule has 4 aliphatic carbocycles. The minimum atomic E-state index is -1.91. The Labute approximate surface area is 276 Å². The van der Waals surface area contributed by atoms with E-state index < -0.39 is 76.6 Å². The van der Waals surface area contributed by atoms with E-state index in [0.29, 0.717) is 32.1 Å². The number of carboxylic acid groups (broad SMARTS) is 1. The molecule has 258 valence electrons. The highest BCUT2D eigenvalue weighted by molar-refractivity contribution is 5.95. The number of carbonyl (C=O) groups excluding carboxylic acids is 5. The number of benzene rings is 1. The number of allylic oxidation sites excluding steroid dienone is 1. The highest BCUT2D eigenvalue weighted by Gasteiger charge is 2.68. The average Bonchev–Trinajstić information content (AvgIpc) is 3.31. The number of aliphatic carboxylic acids is 1. The number of hydrogen-bond donors (Lipinski definition) is 4. The van der Waals surface area contributed by atoms with Crippen LogP contribution in [0.2, 0.25) is 0 Å². The lowest BCUT2D eigenvalue weighted by molar-refractivity contribution is -0.385. The highest BCUT2D eigenvalue weighted by atomic mass is 16.6. The van der Waals surface area contributed by atoms with E-state index in [4.69, 9.17) is 4.74 Å². The number of Topliss-reactive ketones (excluding diaryl/α,β-unsaturated/α-hetero) is 2. The zero-order chi connectivity index (χ0) is 35.2. The summed E-state index contributed by atoms with van der Waals surface area (Å²) < 4.78 is 5.11. The number of carbonyl (C=O) groups is 6. The molecule has 8 atom stereocenters. The number of nitro groups is 1. The van der Waals surface area contributed by atoms with Gasteiger partial charge in [0, 0.05) is 42.7 Å². The predicted octanol–water partition coefficient (Wildman–Crippen LogP) is 2.53. The molecule has 0 bridgehead atoms. The molecule has 1 amide bonds. The summed E-state index contributed by atoms with van der Waals surface area (Å²) in [6.07, 6.45) is 1.71. The van der Waals surface area contributed by atoms with Crippen LogP contribution in [0.15, 0.2) is 35.9 Å². The first-order chi connectivity index (χ1) is 22.5. The Morgan fingerprint density at radius 3 is 2.52 bits per heavy atom. The molecule has 0 aromatic heterocycles. The van der Waals surface area contributed by atoms with Gasteiger partial charge in [-0.2, -0.15) is 0 Å². The van der Waals surface area contributed by atoms with E-state index in [9.17, 15) is 54.2 Å². The van der Waals surface area contributed by atoms with Crippen LogP contribution in [0.3, 0.4) is 0 Å². The minimum Gasteiger partial charge on any atom is -0.480 e. The highest BCUT2D eigenvalue weighted by Crippen LogP contribution is 2.66. The molecule has 5 rings (SSSR count). The number of nitrogens with zero attached hydrogens (tertiary/aromatic N) is 1. The van der Waals surface area contributed by atoms with E-state index in [1.54, 1.807) is 13.0 Å². The second-order valence-electron chi connectivity index (χ2n) is 14.1. The molecule has 0 aliphatic heterocycles.